The average Bonchev–Trinajstić information content (AvgIpc) is 2.42. The number of ether oxygens (including phenoxy) is 1. The van der Waals surface area contributed by atoms with Crippen molar-refractivity contribution in [2.24, 2.45) is 0 Å². The van der Waals surface area contributed by atoms with Crippen molar-refractivity contribution >= 4 is 23.2 Å². The minimum absolute atomic E-state index is 0.0227. The summed E-state index contributed by atoms with van der Waals surface area (Å²) >= 11 is 6.15. The summed E-state index contributed by atoms with van der Waals surface area (Å²) in [6, 6.07) is 5.30. The van der Waals surface area contributed by atoms with Crippen LogP contribution in [0.25, 0.3) is 0 Å². The number of benzene rings is 1. The Labute approximate surface area is 130 Å². The third-order valence-corrected chi connectivity index (χ3v) is 3.45. The second kappa shape index (κ2) is 7.64. The Morgan fingerprint density at radius 1 is 1.43 bits per heavy atom. The van der Waals surface area contributed by atoms with E-state index in [4.69, 9.17) is 16.3 Å². The number of anilines is 1. The molecule has 1 amide bonds. The van der Waals surface area contributed by atoms with Crippen LogP contribution in [-0.2, 0) is 4.79 Å². The summed E-state index contributed by atoms with van der Waals surface area (Å²) in [6.45, 7) is 7.95. The van der Waals surface area contributed by atoms with Crippen LogP contribution in [0.4, 0.5) is 5.69 Å². The van der Waals surface area contributed by atoms with Crippen molar-refractivity contribution in [2.75, 3.05) is 38.0 Å². The molecule has 0 saturated carbocycles. The summed E-state index contributed by atoms with van der Waals surface area (Å²) in [5, 5.41) is 6.64. The SMILES string of the molecule is CC(C)Oc1ccc(NC(=O)CN2CCNCC2)cc1Cl. The van der Waals surface area contributed by atoms with Gasteiger partial charge in [-0.25, -0.2) is 0 Å². The quantitative estimate of drug-likeness (QED) is 0.873. The van der Waals surface area contributed by atoms with E-state index in [1.54, 1.807) is 18.2 Å². The lowest BCUT2D eigenvalue weighted by atomic mass is 10.3. The first-order valence-corrected chi connectivity index (χ1v) is 7.61. The van der Waals surface area contributed by atoms with Gasteiger partial charge in [0.1, 0.15) is 5.75 Å². The predicted molar refractivity (Wildman–Crippen MR) is 85.2 cm³/mol. The van der Waals surface area contributed by atoms with Gasteiger partial charge in [-0.05, 0) is 32.0 Å². The summed E-state index contributed by atoms with van der Waals surface area (Å²) in [5.41, 5.74) is 0.691. The van der Waals surface area contributed by atoms with Crippen LogP contribution in [0.15, 0.2) is 18.2 Å². The fourth-order valence-corrected chi connectivity index (χ4v) is 2.43. The van der Waals surface area contributed by atoms with E-state index < -0.39 is 0 Å². The fraction of sp³-hybridized carbons (Fsp3) is 0.533. The first kappa shape index (κ1) is 16.1. The molecule has 116 valence electrons. The normalized spacial score (nSPS) is 16.0. The van der Waals surface area contributed by atoms with E-state index in [1.807, 2.05) is 13.8 Å². The number of carbonyl (C=O) groups is 1. The van der Waals surface area contributed by atoms with Crippen LogP contribution in [0.5, 0.6) is 5.75 Å². The van der Waals surface area contributed by atoms with Crippen molar-refractivity contribution in [2.45, 2.75) is 20.0 Å². The molecule has 0 atom stereocenters. The number of nitrogens with zero attached hydrogens (tertiary/aromatic N) is 1. The van der Waals surface area contributed by atoms with Gasteiger partial charge in [0.15, 0.2) is 0 Å². The minimum Gasteiger partial charge on any atom is -0.489 e. The van der Waals surface area contributed by atoms with Gasteiger partial charge in [-0.3, -0.25) is 9.69 Å². The molecule has 0 radical (unpaired) electrons. The number of amides is 1. The molecule has 5 nitrogen and oxygen atoms in total. The zero-order valence-electron chi connectivity index (χ0n) is 12.5. The molecule has 2 N–H and O–H groups in total. The number of rotatable bonds is 5. The lowest BCUT2D eigenvalue weighted by molar-refractivity contribution is -0.117. The van der Waals surface area contributed by atoms with Crippen LogP contribution in [0, 0.1) is 0 Å². The van der Waals surface area contributed by atoms with Gasteiger partial charge in [0.25, 0.3) is 0 Å². The second-order valence-electron chi connectivity index (χ2n) is 5.39. The Balaban J connectivity index is 1.89. The van der Waals surface area contributed by atoms with Gasteiger partial charge in [0, 0.05) is 31.9 Å². The summed E-state index contributed by atoms with van der Waals surface area (Å²) in [6.07, 6.45) is 0.0654. The van der Waals surface area contributed by atoms with Crippen LogP contribution in [0.3, 0.4) is 0 Å². The molecule has 1 aromatic rings. The first-order valence-electron chi connectivity index (χ1n) is 7.24. The van der Waals surface area contributed by atoms with Gasteiger partial charge < -0.3 is 15.4 Å². The zero-order chi connectivity index (χ0) is 15.2. The highest BCUT2D eigenvalue weighted by molar-refractivity contribution is 6.32. The van der Waals surface area contributed by atoms with E-state index in [2.05, 4.69) is 15.5 Å². The molecule has 21 heavy (non-hydrogen) atoms. The maximum absolute atomic E-state index is 12.0. The molecule has 1 aromatic carbocycles. The van der Waals surface area contributed by atoms with Crippen molar-refractivity contribution < 1.29 is 9.53 Å². The molecule has 0 aliphatic carbocycles. The van der Waals surface area contributed by atoms with Crippen LogP contribution < -0.4 is 15.4 Å². The third-order valence-electron chi connectivity index (χ3n) is 3.16. The number of halogens is 1. The Kier molecular flexibility index (Phi) is 5.85. The van der Waals surface area contributed by atoms with E-state index in [-0.39, 0.29) is 12.0 Å². The van der Waals surface area contributed by atoms with Crippen molar-refractivity contribution in [1.29, 1.82) is 0 Å². The van der Waals surface area contributed by atoms with Gasteiger partial charge in [-0.2, -0.15) is 0 Å². The highest BCUT2D eigenvalue weighted by Gasteiger charge is 2.14. The largest absolute Gasteiger partial charge is 0.489 e. The maximum Gasteiger partial charge on any atom is 0.238 e. The highest BCUT2D eigenvalue weighted by atomic mass is 35.5. The van der Waals surface area contributed by atoms with E-state index in [1.165, 1.54) is 0 Å². The van der Waals surface area contributed by atoms with Crippen LogP contribution in [0.2, 0.25) is 5.02 Å². The van der Waals surface area contributed by atoms with E-state index >= 15 is 0 Å². The monoisotopic (exact) mass is 311 g/mol. The molecule has 0 spiro atoms. The van der Waals surface area contributed by atoms with E-state index in [9.17, 15) is 4.79 Å². The molecule has 1 aliphatic rings. The Bertz CT molecular complexity index is 488. The molecule has 0 unspecified atom stereocenters. The smallest absolute Gasteiger partial charge is 0.238 e. The van der Waals surface area contributed by atoms with Gasteiger partial charge in [-0.1, -0.05) is 11.6 Å². The van der Waals surface area contributed by atoms with Crippen molar-refractivity contribution in [3.8, 4) is 5.75 Å². The fourth-order valence-electron chi connectivity index (χ4n) is 2.20. The molecule has 1 saturated heterocycles. The Hall–Kier alpha value is -1.30. The molecule has 6 heteroatoms. The molecule has 1 fully saturated rings. The standard InChI is InChI=1S/C15H22ClN3O2/c1-11(2)21-14-4-3-12(9-13(14)16)18-15(20)10-19-7-5-17-6-8-19/h3-4,9,11,17H,5-8,10H2,1-2H3,(H,18,20). The van der Waals surface area contributed by atoms with Crippen LogP contribution >= 0.6 is 11.6 Å². The summed E-state index contributed by atoms with van der Waals surface area (Å²) in [5.74, 6) is 0.609. The summed E-state index contributed by atoms with van der Waals surface area (Å²) in [7, 11) is 0. The molecule has 0 aromatic heterocycles. The molecule has 0 bridgehead atoms. The van der Waals surface area contributed by atoms with Crippen LogP contribution in [0.1, 0.15) is 13.8 Å². The Morgan fingerprint density at radius 2 is 2.14 bits per heavy atom. The highest BCUT2D eigenvalue weighted by Crippen LogP contribution is 2.28. The van der Waals surface area contributed by atoms with E-state index in [0.29, 0.717) is 23.0 Å². The summed E-state index contributed by atoms with van der Waals surface area (Å²) in [4.78, 5) is 14.1. The third kappa shape index (κ3) is 5.19. The minimum atomic E-state index is -0.0227. The molecule has 1 heterocycles. The number of nitrogens with one attached hydrogen (secondary N) is 2. The van der Waals surface area contributed by atoms with Crippen molar-refractivity contribution in [3.05, 3.63) is 23.2 Å². The first-order chi connectivity index (χ1) is 10.0. The number of hydrogen-bond donors (Lipinski definition) is 2. The number of carbonyl (C=O) groups excluding carboxylic acids is 1. The van der Waals surface area contributed by atoms with Gasteiger partial charge in [0.05, 0.1) is 17.7 Å². The second-order valence-corrected chi connectivity index (χ2v) is 5.79. The van der Waals surface area contributed by atoms with Gasteiger partial charge in [0.2, 0.25) is 5.91 Å². The molecular formula is C15H22ClN3O2. The predicted octanol–water partition coefficient (Wildman–Crippen LogP) is 1.97. The van der Waals surface area contributed by atoms with E-state index in [0.717, 1.165) is 26.2 Å². The van der Waals surface area contributed by atoms with Gasteiger partial charge >= 0.3 is 0 Å². The number of hydrogen-bond acceptors (Lipinski definition) is 4. The van der Waals surface area contributed by atoms with Crippen molar-refractivity contribution in [1.82, 2.24) is 10.2 Å². The zero-order valence-corrected chi connectivity index (χ0v) is 13.2. The lowest BCUT2D eigenvalue weighted by Crippen LogP contribution is -2.46. The molecule has 2 rings (SSSR count). The van der Waals surface area contributed by atoms with Crippen LogP contribution in [-0.4, -0.2) is 49.6 Å². The lowest BCUT2D eigenvalue weighted by Gasteiger charge is -2.26. The number of piperazine rings is 1. The average molecular weight is 312 g/mol. The molecule has 1 aliphatic heterocycles. The van der Waals surface area contributed by atoms with Crippen molar-refractivity contribution in [3.63, 3.8) is 0 Å². The maximum atomic E-state index is 12.0. The van der Waals surface area contributed by atoms with Gasteiger partial charge in [-0.15, -0.1) is 0 Å². The Morgan fingerprint density at radius 3 is 2.76 bits per heavy atom. The topological polar surface area (TPSA) is 53.6 Å². The molecular weight excluding hydrogens is 290 g/mol. The summed E-state index contributed by atoms with van der Waals surface area (Å²) < 4.78 is 5.57.